The molecule has 0 atom stereocenters. The molecular weight excluding hydrogens is 597 g/mol. The molecule has 2 aromatic heterocycles. The van der Waals surface area contributed by atoms with Crippen LogP contribution in [-0.4, -0.2) is 19.9 Å². The number of fused-ring (bicyclic) bond motifs is 5. The highest BCUT2D eigenvalue weighted by molar-refractivity contribution is 5.98. The summed E-state index contributed by atoms with van der Waals surface area (Å²) in [5, 5.41) is 2.57. The second-order valence-electron chi connectivity index (χ2n) is 13.1. The highest BCUT2D eigenvalue weighted by Crippen LogP contribution is 2.52. The number of aromatic nitrogens is 4. The van der Waals surface area contributed by atoms with Crippen LogP contribution >= 0.6 is 0 Å². The maximum Gasteiger partial charge on any atom is 0.165 e. The minimum absolute atomic E-state index is 0.135. The molecule has 1 aliphatic rings. The summed E-state index contributed by atoms with van der Waals surface area (Å²) in [4.78, 5) is 20.0. The summed E-state index contributed by atoms with van der Waals surface area (Å²) in [5.41, 5.74) is 12.0. The number of hydrogen-bond donors (Lipinski definition) is 0. The van der Waals surface area contributed by atoms with Crippen molar-refractivity contribution in [2.45, 2.75) is 19.3 Å². The van der Waals surface area contributed by atoms with Crippen molar-refractivity contribution in [1.29, 1.82) is 0 Å². The third-order valence-corrected chi connectivity index (χ3v) is 9.75. The Balaban J connectivity index is 1.20. The fourth-order valence-electron chi connectivity index (χ4n) is 7.29. The van der Waals surface area contributed by atoms with Gasteiger partial charge in [-0.2, -0.15) is 0 Å². The van der Waals surface area contributed by atoms with Crippen LogP contribution in [-0.2, 0) is 5.41 Å². The van der Waals surface area contributed by atoms with E-state index in [1.807, 2.05) is 42.6 Å². The fraction of sp³-hybridized carbons (Fsp3) is 0.0667. The second kappa shape index (κ2) is 11.5. The molecular formula is C45H32N4. The quantitative estimate of drug-likeness (QED) is 0.190. The summed E-state index contributed by atoms with van der Waals surface area (Å²) in [7, 11) is 0. The lowest BCUT2D eigenvalue weighted by Crippen LogP contribution is -2.15. The summed E-state index contributed by atoms with van der Waals surface area (Å²) in [6.45, 7) is 4.66. The maximum absolute atomic E-state index is 5.12. The lowest BCUT2D eigenvalue weighted by atomic mass is 9.80. The van der Waals surface area contributed by atoms with Crippen molar-refractivity contribution < 1.29 is 0 Å². The first-order chi connectivity index (χ1) is 24.0. The topological polar surface area (TPSA) is 51.6 Å². The predicted octanol–water partition coefficient (Wildman–Crippen LogP) is 11.1. The van der Waals surface area contributed by atoms with E-state index < -0.39 is 0 Å². The number of hydrogen-bond acceptors (Lipinski definition) is 4. The summed E-state index contributed by atoms with van der Waals surface area (Å²) < 4.78 is 0. The summed E-state index contributed by atoms with van der Waals surface area (Å²) in [6.07, 6.45) is 1.86. The standard InChI is InChI=1S/C45H32N4/c1-45(2)39-24-21-34(27-38(39)37-23-20-30-14-9-10-19-36(30)41(37)45)43-47-42(33-18-11-17-32(26-33)29-12-5-3-6-13-29)48-44(49-43)35-22-25-40(46-28-35)31-15-7-4-8-16-31/h3-28H,1-2H3. The molecule has 4 heteroatoms. The van der Waals surface area contributed by atoms with Gasteiger partial charge in [0.1, 0.15) is 0 Å². The Morgan fingerprint density at radius 2 is 1.04 bits per heavy atom. The van der Waals surface area contributed by atoms with Crippen LogP contribution in [0.5, 0.6) is 0 Å². The number of rotatable bonds is 5. The number of nitrogens with zero attached hydrogens (tertiary/aromatic N) is 4. The van der Waals surface area contributed by atoms with Gasteiger partial charge in [0.15, 0.2) is 17.5 Å². The lowest BCUT2D eigenvalue weighted by molar-refractivity contribution is 0.666. The third kappa shape index (κ3) is 5.01. The maximum atomic E-state index is 5.12. The monoisotopic (exact) mass is 628 g/mol. The van der Waals surface area contributed by atoms with Crippen molar-refractivity contribution in [3.8, 4) is 67.7 Å². The van der Waals surface area contributed by atoms with Gasteiger partial charge >= 0.3 is 0 Å². The summed E-state index contributed by atoms with van der Waals surface area (Å²) >= 11 is 0. The Kier molecular flexibility index (Phi) is 6.77. The largest absolute Gasteiger partial charge is 0.255 e. The molecule has 2 heterocycles. The zero-order chi connectivity index (χ0) is 33.0. The molecule has 6 aromatic carbocycles. The molecule has 9 rings (SSSR count). The first-order valence-corrected chi connectivity index (χ1v) is 16.6. The van der Waals surface area contributed by atoms with Crippen LogP contribution in [0, 0.1) is 0 Å². The van der Waals surface area contributed by atoms with Gasteiger partial charge in [0.25, 0.3) is 0 Å². The van der Waals surface area contributed by atoms with Crippen molar-refractivity contribution >= 4 is 10.8 Å². The van der Waals surface area contributed by atoms with Gasteiger partial charge in [-0.3, -0.25) is 4.98 Å². The molecule has 49 heavy (non-hydrogen) atoms. The molecule has 0 spiro atoms. The van der Waals surface area contributed by atoms with E-state index in [1.165, 1.54) is 33.0 Å². The minimum Gasteiger partial charge on any atom is -0.255 e. The predicted molar refractivity (Wildman–Crippen MR) is 200 cm³/mol. The van der Waals surface area contributed by atoms with E-state index >= 15 is 0 Å². The molecule has 0 unspecified atom stereocenters. The molecule has 8 aromatic rings. The lowest BCUT2D eigenvalue weighted by Gasteiger charge is -2.23. The second-order valence-corrected chi connectivity index (χ2v) is 13.1. The van der Waals surface area contributed by atoms with Gasteiger partial charge in [0.2, 0.25) is 0 Å². The Labute approximate surface area is 285 Å². The van der Waals surface area contributed by atoms with Crippen molar-refractivity contribution in [3.05, 3.63) is 169 Å². The fourth-order valence-corrected chi connectivity index (χ4v) is 7.29. The molecule has 0 amide bonds. The van der Waals surface area contributed by atoms with Crippen LogP contribution in [0.1, 0.15) is 25.0 Å². The van der Waals surface area contributed by atoms with Crippen LogP contribution in [0.2, 0.25) is 0 Å². The first kappa shape index (κ1) is 28.9. The SMILES string of the molecule is CC1(C)c2ccc(-c3nc(-c4ccc(-c5ccccc5)nc4)nc(-c4cccc(-c5ccccc5)c4)n3)cc2-c2ccc3ccccc3c21. The van der Waals surface area contributed by atoms with Gasteiger partial charge in [-0.1, -0.05) is 141 Å². The highest BCUT2D eigenvalue weighted by atomic mass is 15.0. The first-order valence-electron chi connectivity index (χ1n) is 16.6. The number of pyridine rings is 1. The molecule has 0 aliphatic heterocycles. The molecule has 1 aliphatic carbocycles. The zero-order valence-electron chi connectivity index (χ0n) is 27.3. The minimum atomic E-state index is -0.135. The molecule has 232 valence electrons. The van der Waals surface area contributed by atoms with Gasteiger partial charge < -0.3 is 0 Å². The molecule has 0 bridgehead atoms. The molecule has 0 saturated carbocycles. The molecule has 0 saturated heterocycles. The third-order valence-electron chi connectivity index (χ3n) is 9.75. The Morgan fingerprint density at radius 1 is 0.429 bits per heavy atom. The van der Waals surface area contributed by atoms with E-state index in [2.05, 4.69) is 129 Å². The summed E-state index contributed by atoms with van der Waals surface area (Å²) in [6, 6.07) is 53.0. The normalized spacial score (nSPS) is 12.9. The molecule has 0 radical (unpaired) electrons. The van der Waals surface area contributed by atoms with Crippen molar-refractivity contribution in [1.82, 2.24) is 19.9 Å². The van der Waals surface area contributed by atoms with Gasteiger partial charge in [0.05, 0.1) is 5.69 Å². The average molecular weight is 629 g/mol. The van der Waals surface area contributed by atoms with Crippen LogP contribution in [0.15, 0.2) is 158 Å². The van der Waals surface area contributed by atoms with Gasteiger partial charge in [0, 0.05) is 33.9 Å². The molecule has 0 fully saturated rings. The van der Waals surface area contributed by atoms with Crippen LogP contribution in [0.3, 0.4) is 0 Å². The Bertz CT molecular complexity index is 2500. The van der Waals surface area contributed by atoms with E-state index in [4.69, 9.17) is 19.9 Å². The van der Waals surface area contributed by atoms with E-state index in [0.717, 1.165) is 39.1 Å². The van der Waals surface area contributed by atoms with Gasteiger partial charge in [-0.15, -0.1) is 0 Å². The Morgan fingerprint density at radius 3 is 1.78 bits per heavy atom. The van der Waals surface area contributed by atoms with Gasteiger partial charge in [-0.25, -0.2) is 15.0 Å². The van der Waals surface area contributed by atoms with Gasteiger partial charge in [-0.05, 0) is 68.4 Å². The van der Waals surface area contributed by atoms with E-state index in [1.54, 1.807) is 0 Å². The molecule has 4 nitrogen and oxygen atoms in total. The van der Waals surface area contributed by atoms with Crippen LogP contribution < -0.4 is 0 Å². The van der Waals surface area contributed by atoms with E-state index in [0.29, 0.717) is 17.5 Å². The summed E-state index contributed by atoms with van der Waals surface area (Å²) in [5.74, 6) is 1.84. The smallest absolute Gasteiger partial charge is 0.165 e. The average Bonchev–Trinajstić information content (AvgIpc) is 3.41. The molecule has 0 N–H and O–H groups in total. The van der Waals surface area contributed by atoms with E-state index in [-0.39, 0.29) is 5.41 Å². The van der Waals surface area contributed by atoms with Crippen LogP contribution in [0.25, 0.3) is 78.4 Å². The van der Waals surface area contributed by atoms with Crippen molar-refractivity contribution in [2.75, 3.05) is 0 Å². The number of benzene rings is 6. The zero-order valence-corrected chi connectivity index (χ0v) is 27.3. The van der Waals surface area contributed by atoms with Crippen molar-refractivity contribution in [3.63, 3.8) is 0 Å². The van der Waals surface area contributed by atoms with Crippen molar-refractivity contribution in [2.24, 2.45) is 0 Å². The highest BCUT2D eigenvalue weighted by Gasteiger charge is 2.37. The van der Waals surface area contributed by atoms with E-state index in [9.17, 15) is 0 Å². The van der Waals surface area contributed by atoms with Crippen LogP contribution in [0.4, 0.5) is 0 Å². The Hall–Kier alpha value is -6.26.